The van der Waals surface area contributed by atoms with E-state index in [9.17, 15) is 14.9 Å². The zero-order valence-corrected chi connectivity index (χ0v) is 14.8. The van der Waals surface area contributed by atoms with Crippen LogP contribution in [-0.4, -0.2) is 21.0 Å². The molecule has 0 bridgehead atoms. The molecule has 1 amide bonds. The third-order valence-corrected chi connectivity index (χ3v) is 4.73. The van der Waals surface area contributed by atoms with Crippen LogP contribution in [0.25, 0.3) is 11.4 Å². The number of carbonyl (C=O) groups is 1. The first-order valence-corrected chi connectivity index (χ1v) is 8.84. The molecule has 1 saturated carbocycles. The number of nitrogens with one attached hydrogen (secondary N) is 1. The Hall–Kier alpha value is -2.77. The summed E-state index contributed by atoms with van der Waals surface area (Å²) in [5.74, 6) is 0.880. The van der Waals surface area contributed by atoms with Crippen molar-refractivity contribution in [2.45, 2.75) is 45.6 Å². The zero-order valence-electron chi connectivity index (χ0n) is 14.8. The van der Waals surface area contributed by atoms with Crippen LogP contribution in [0.2, 0.25) is 0 Å². The molecule has 1 fully saturated rings. The second-order valence-electron chi connectivity index (χ2n) is 6.97. The first kappa shape index (κ1) is 18.0. The fourth-order valence-corrected chi connectivity index (χ4v) is 3.18. The van der Waals surface area contributed by atoms with E-state index in [2.05, 4.69) is 15.5 Å². The van der Waals surface area contributed by atoms with E-state index < -0.39 is 4.92 Å². The van der Waals surface area contributed by atoms with Crippen molar-refractivity contribution in [1.82, 2.24) is 15.5 Å². The lowest BCUT2D eigenvalue weighted by Crippen LogP contribution is -2.35. The van der Waals surface area contributed by atoms with Crippen molar-refractivity contribution >= 4 is 11.6 Å². The molecular weight excluding hydrogens is 336 g/mol. The Morgan fingerprint density at radius 3 is 2.50 bits per heavy atom. The molecule has 138 valence electrons. The number of hydrogen-bond donors (Lipinski definition) is 1. The van der Waals surface area contributed by atoms with Gasteiger partial charge in [-0.1, -0.05) is 31.8 Å². The van der Waals surface area contributed by atoms with Crippen LogP contribution >= 0.6 is 0 Å². The van der Waals surface area contributed by atoms with Crippen LogP contribution < -0.4 is 5.32 Å². The molecule has 1 aromatic carbocycles. The Bertz CT molecular complexity index is 779. The van der Waals surface area contributed by atoms with Gasteiger partial charge in [0.05, 0.1) is 4.92 Å². The predicted octanol–water partition coefficient (Wildman–Crippen LogP) is 3.65. The second-order valence-corrected chi connectivity index (χ2v) is 6.97. The van der Waals surface area contributed by atoms with Gasteiger partial charge in [0, 0.05) is 23.6 Å². The van der Waals surface area contributed by atoms with Gasteiger partial charge in [0.25, 0.3) is 5.69 Å². The van der Waals surface area contributed by atoms with E-state index in [0.717, 1.165) is 25.7 Å². The monoisotopic (exact) mass is 358 g/mol. The van der Waals surface area contributed by atoms with Crippen molar-refractivity contribution in [1.29, 1.82) is 0 Å². The van der Waals surface area contributed by atoms with Gasteiger partial charge < -0.3 is 9.84 Å². The highest BCUT2D eigenvalue weighted by Crippen LogP contribution is 2.28. The van der Waals surface area contributed by atoms with E-state index in [1.165, 1.54) is 12.1 Å². The zero-order chi connectivity index (χ0) is 18.7. The number of nitro benzene ring substituents is 1. The van der Waals surface area contributed by atoms with Crippen LogP contribution in [0.1, 0.15) is 51.5 Å². The maximum Gasteiger partial charge on any atom is 0.269 e. The molecule has 0 spiro atoms. The van der Waals surface area contributed by atoms with E-state index in [1.54, 1.807) is 12.1 Å². The van der Waals surface area contributed by atoms with Crippen LogP contribution in [0.3, 0.4) is 0 Å². The highest BCUT2D eigenvalue weighted by molar-refractivity contribution is 5.79. The van der Waals surface area contributed by atoms with Gasteiger partial charge in [-0.05, 0) is 30.9 Å². The van der Waals surface area contributed by atoms with Crippen molar-refractivity contribution in [3.8, 4) is 11.4 Å². The molecular formula is C18H22N4O4. The molecule has 26 heavy (non-hydrogen) atoms. The first-order chi connectivity index (χ1) is 12.5. The Kier molecular flexibility index (Phi) is 5.29. The lowest BCUT2D eigenvalue weighted by Gasteiger charge is -2.20. The summed E-state index contributed by atoms with van der Waals surface area (Å²) in [6.07, 6.45) is 4.04. The SMILES string of the molecule is CC(C)[C@H](NC(=O)C1CCCC1)c1nc(-c2ccc([N+](=O)[O-])cc2)no1. The van der Waals surface area contributed by atoms with E-state index in [-0.39, 0.29) is 29.5 Å². The summed E-state index contributed by atoms with van der Waals surface area (Å²) in [7, 11) is 0. The van der Waals surface area contributed by atoms with Crippen LogP contribution in [0, 0.1) is 22.0 Å². The number of aromatic nitrogens is 2. The number of hydrogen-bond acceptors (Lipinski definition) is 6. The Morgan fingerprint density at radius 2 is 1.92 bits per heavy atom. The molecule has 0 radical (unpaired) electrons. The van der Waals surface area contributed by atoms with Gasteiger partial charge in [-0.2, -0.15) is 4.98 Å². The summed E-state index contributed by atoms with van der Waals surface area (Å²) in [6.45, 7) is 3.96. The molecule has 1 aliphatic rings. The number of nitrogens with zero attached hydrogens (tertiary/aromatic N) is 3. The van der Waals surface area contributed by atoms with Crippen LogP contribution in [0.15, 0.2) is 28.8 Å². The highest BCUT2D eigenvalue weighted by Gasteiger charge is 2.29. The molecule has 8 heteroatoms. The van der Waals surface area contributed by atoms with Crippen molar-refractivity contribution in [3.05, 3.63) is 40.3 Å². The molecule has 0 aliphatic heterocycles. The molecule has 1 aromatic heterocycles. The number of non-ortho nitro benzene ring substituents is 1. The third-order valence-electron chi connectivity index (χ3n) is 4.73. The molecule has 1 heterocycles. The quantitative estimate of drug-likeness (QED) is 0.623. The lowest BCUT2D eigenvalue weighted by molar-refractivity contribution is -0.384. The van der Waals surface area contributed by atoms with E-state index in [1.807, 2.05) is 13.8 Å². The second kappa shape index (κ2) is 7.63. The first-order valence-electron chi connectivity index (χ1n) is 8.84. The smallest absolute Gasteiger partial charge is 0.269 e. The Morgan fingerprint density at radius 1 is 1.27 bits per heavy atom. The van der Waals surface area contributed by atoms with E-state index in [4.69, 9.17) is 4.52 Å². The molecule has 3 rings (SSSR count). The van der Waals surface area contributed by atoms with E-state index in [0.29, 0.717) is 17.3 Å². The Labute approximate surface area is 151 Å². The van der Waals surface area contributed by atoms with Crippen LogP contribution in [0.5, 0.6) is 0 Å². The summed E-state index contributed by atoms with van der Waals surface area (Å²) in [6, 6.07) is 5.59. The van der Waals surface area contributed by atoms with Crippen molar-refractivity contribution in [2.75, 3.05) is 0 Å². The predicted molar refractivity (Wildman–Crippen MR) is 94.1 cm³/mol. The number of rotatable bonds is 6. The van der Waals surface area contributed by atoms with Crippen molar-refractivity contribution < 1.29 is 14.2 Å². The molecule has 1 aliphatic carbocycles. The summed E-state index contributed by atoms with van der Waals surface area (Å²) in [5.41, 5.74) is 0.622. The summed E-state index contributed by atoms with van der Waals surface area (Å²) >= 11 is 0. The molecule has 8 nitrogen and oxygen atoms in total. The molecule has 0 saturated heterocycles. The minimum atomic E-state index is -0.460. The van der Waals surface area contributed by atoms with Crippen molar-refractivity contribution in [2.24, 2.45) is 11.8 Å². The highest BCUT2D eigenvalue weighted by atomic mass is 16.6. The maximum absolute atomic E-state index is 12.4. The van der Waals surface area contributed by atoms with Gasteiger partial charge in [-0.15, -0.1) is 0 Å². The molecule has 1 atom stereocenters. The van der Waals surface area contributed by atoms with Gasteiger partial charge >= 0.3 is 0 Å². The minimum Gasteiger partial charge on any atom is -0.344 e. The normalized spacial score (nSPS) is 16.0. The standard InChI is InChI=1S/C18H22N4O4/c1-11(2)15(19-17(23)13-5-3-4-6-13)18-20-16(21-26-18)12-7-9-14(10-8-12)22(24)25/h7-11,13,15H,3-6H2,1-2H3,(H,19,23)/t15-/m0/s1. The lowest BCUT2D eigenvalue weighted by atomic mass is 10.0. The maximum atomic E-state index is 12.4. The summed E-state index contributed by atoms with van der Waals surface area (Å²) < 4.78 is 5.37. The van der Waals surface area contributed by atoms with Gasteiger partial charge in [0.2, 0.25) is 17.6 Å². The molecule has 0 unspecified atom stereocenters. The minimum absolute atomic E-state index is 0.00125. The fraction of sp³-hybridized carbons (Fsp3) is 0.500. The van der Waals surface area contributed by atoms with E-state index >= 15 is 0 Å². The van der Waals surface area contributed by atoms with Gasteiger partial charge in [0.15, 0.2) is 0 Å². The van der Waals surface area contributed by atoms with Gasteiger partial charge in [-0.25, -0.2) is 0 Å². The van der Waals surface area contributed by atoms with Gasteiger partial charge in [0.1, 0.15) is 6.04 Å². The topological polar surface area (TPSA) is 111 Å². The van der Waals surface area contributed by atoms with Gasteiger partial charge in [-0.3, -0.25) is 14.9 Å². The number of amides is 1. The van der Waals surface area contributed by atoms with Crippen LogP contribution in [0.4, 0.5) is 5.69 Å². The number of benzene rings is 1. The average Bonchev–Trinajstić information content (AvgIpc) is 3.31. The average molecular weight is 358 g/mol. The van der Waals surface area contributed by atoms with Crippen LogP contribution in [-0.2, 0) is 4.79 Å². The summed E-state index contributed by atoms with van der Waals surface area (Å²) in [5, 5.41) is 17.7. The Balaban J connectivity index is 1.76. The molecule has 2 aromatic rings. The molecule has 1 N–H and O–H groups in total. The number of carbonyl (C=O) groups excluding carboxylic acids is 1. The van der Waals surface area contributed by atoms with Crippen molar-refractivity contribution in [3.63, 3.8) is 0 Å². The summed E-state index contributed by atoms with van der Waals surface area (Å²) in [4.78, 5) is 27.1. The fourth-order valence-electron chi connectivity index (χ4n) is 3.18. The largest absolute Gasteiger partial charge is 0.344 e. The number of nitro groups is 1. The third kappa shape index (κ3) is 3.89.